The number of ether oxygens (including phenoxy) is 2. The number of piperazine rings is 1. The van der Waals surface area contributed by atoms with E-state index in [1.165, 1.54) is 7.11 Å². The number of carbonyl (C=O) groups is 3. The fraction of sp³-hybridized carbons (Fsp3) is 0.409. The van der Waals surface area contributed by atoms with Gasteiger partial charge in [-0.15, -0.1) is 11.3 Å². The maximum Gasteiger partial charge on any atom is 0.350 e. The van der Waals surface area contributed by atoms with Gasteiger partial charge < -0.3 is 24.8 Å². The Morgan fingerprint density at radius 3 is 2.50 bits per heavy atom. The van der Waals surface area contributed by atoms with Crippen LogP contribution in [0.3, 0.4) is 0 Å². The van der Waals surface area contributed by atoms with Gasteiger partial charge in [0.15, 0.2) is 0 Å². The second-order valence-electron chi connectivity index (χ2n) is 7.40. The summed E-state index contributed by atoms with van der Waals surface area (Å²) in [5.74, 6) is -2.06. The Labute approximate surface area is 190 Å². The lowest BCUT2D eigenvalue weighted by Gasteiger charge is -2.37. The van der Waals surface area contributed by atoms with E-state index in [1.54, 1.807) is 18.6 Å². The van der Waals surface area contributed by atoms with Crippen LogP contribution in [0.2, 0.25) is 0 Å². The molecule has 1 aromatic carbocycles. The van der Waals surface area contributed by atoms with Crippen LogP contribution in [0, 0.1) is 5.92 Å². The molecule has 0 saturated carbocycles. The van der Waals surface area contributed by atoms with Crippen LogP contribution >= 0.6 is 11.3 Å². The number of benzene rings is 1. The van der Waals surface area contributed by atoms with E-state index in [0.29, 0.717) is 18.8 Å². The van der Waals surface area contributed by atoms with Gasteiger partial charge in [-0.2, -0.15) is 0 Å². The van der Waals surface area contributed by atoms with Gasteiger partial charge in [0.05, 0.1) is 31.5 Å². The summed E-state index contributed by atoms with van der Waals surface area (Å²) in [5, 5.41) is 14.0. The molecule has 1 fully saturated rings. The van der Waals surface area contributed by atoms with Crippen LogP contribution in [0.25, 0.3) is 0 Å². The van der Waals surface area contributed by atoms with E-state index in [2.05, 4.69) is 15.1 Å². The molecule has 0 aliphatic carbocycles. The number of carboxylic acids is 1. The Hall–Kier alpha value is -3.11. The highest BCUT2D eigenvalue weighted by Crippen LogP contribution is 2.28. The standard InChI is InChI=1S/C22H27N3O6S/c1-30-18-6-4-3-5-17(18)25-10-8-24(9-11-25)14-15(21(27)28)13-19(26)23-16-7-12-32-20(16)22(29)31-2/h3-7,12,15H,8-11,13-14H2,1-2H3,(H,23,26)(H,27,28)/t15-/m0/s1. The Balaban J connectivity index is 1.55. The van der Waals surface area contributed by atoms with Gasteiger partial charge in [-0.05, 0) is 23.6 Å². The molecule has 3 rings (SSSR count). The van der Waals surface area contributed by atoms with Crippen molar-refractivity contribution in [1.82, 2.24) is 4.90 Å². The number of para-hydroxylation sites is 2. The predicted octanol–water partition coefficient (Wildman–Crippen LogP) is 2.39. The SMILES string of the molecule is COC(=O)c1sccc1NC(=O)C[C@@H](CN1CCN(c2ccccc2OC)CC1)C(=O)O. The molecule has 1 aliphatic heterocycles. The van der Waals surface area contributed by atoms with Gasteiger partial charge in [0.1, 0.15) is 10.6 Å². The molecule has 1 aliphatic rings. The summed E-state index contributed by atoms with van der Waals surface area (Å²) < 4.78 is 10.1. The summed E-state index contributed by atoms with van der Waals surface area (Å²) in [5.41, 5.74) is 1.35. The third-order valence-corrected chi connectivity index (χ3v) is 6.26. The number of nitrogens with one attached hydrogen (secondary N) is 1. The van der Waals surface area contributed by atoms with Gasteiger partial charge in [-0.25, -0.2) is 4.79 Å². The number of hydrogen-bond donors (Lipinski definition) is 2. The van der Waals surface area contributed by atoms with Crippen molar-refractivity contribution in [3.8, 4) is 5.75 Å². The van der Waals surface area contributed by atoms with Gasteiger partial charge >= 0.3 is 11.9 Å². The molecule has 1 aromatic heterocycles. The Morgan fingerprint density at radius 1 is 1.12 bits per heavy atom. The van der Waals surface area contributed by atoms with Crippen LogP contribution in [0.4, 0.5) is 11.4 Å². The first-order valence-electron chi connectivity index (χ1n) is 10.2. The van der Waals surface area contributed by atoms with Crippen molar-refractivity contribution in [2.75, 3.05) is 57.2 Å². The van der Waals surface area contributed by atoms with Crippen LogP contribution in [-0.4, -0.2) is 74.8 Å². The fourth-order valence-corrected chi connectivity index (χ4v) is 4.45. The van der Waals surface area contributed by atoms with Gasteiger partial charge in [0.25, 0.3) is 0 Å². The molecule has 10 heteroatoms. The van der Waals surface area contributed by atoms with Gasteiger partial charge in [-0.1, -0.05) is 12.1 Å². The Kier molecular flexibility index (Phi) is 8.07. The normalized spacial score (nSPS) is 15.1. The number of anilines is 2. The highest BCUT2D eigenvalue weighted by molar-refractivity contribution is 7.12. The maximum atomic E-state index is 12.5. The quantitative estimate of drug-likeness (QED) is 0.548. The van der Waals surface area contributed by atoms with Crippen molar-refractivity contribution < 1.29 is 29.0 Å². The molecular weight excluding hydrogens is 434 g/mol. The second-order valence-corrected chi connectivity index (χ2v) is 8.32. The smallest absolute Gasteiger partial charge is 0.350 e. The second kappa shape index (κ2) is 11.0. The molecule has 2 aromatic rings. The van der Waals surface area contributed by atoms with Crippen molar-refractivity contribution in [1.29, 1.82) is 0 Å². The van der Waals surface area contributed by atoms with Gasteiger partial charge in [-0.3, -0.25) is 14.5 Å². The summed E-state index contributed by atoms with van der Waals surface area (Å²) in [6, 6.07) is 9.40. The molecule has 0 radical (unpaired) electrons. The van der Waals surface area contributed by atoms with Crippen LogP contribution in [0.15, 0.2) is 35.7 Å². The third-order valence-electron chi connectivity index (χ3n) is 5.37. The molecule has 9 nitrogen and oxygen atoms in total. The van der Waals surface area contributed by atoms with Crippen molar-refractivity contribution in [3.05, 3.63) is 40.6 Å². The zero-order valence-corrected chi connectivity index (χ0v) is 18.9. The summed E-state index contributed by atoms with van der Waals surface area (Å²) in [6.45, 7) is 3.10. The van der Waals surface area contributed by atoms with Crippen molar-refractivity contribution in [3.63, 3.8) is 0 Å². The number of methoxy groups -OCH3 is 2. The van der Waals surface area contributed by atoms with Gasteiger partial charge in [0.2, 0.25) is 5.91 Å². The number of thiophene rings is 1. The summed E-state index contributed by atoms with van der Waals surface area (Å²) in [7, 11) is 2.91. The van der Waals surface area contributed by atoms with Crippen LogP contribution in [0.1, 0.15) is 16.1 Å². The highest BCUT2D eigenvalue weighted by atomic mass is 32.1. The molecular formula is C22H27N3O6S. The van der Waals surface area contributed by atoms with E-state index < -0.39 is 23.8 Å². The largest absolute Gasteiger partial charge is 0.495 e. The summed E-state index contributed by atoms with van der Waals surface area (Å²) in [4.78, 5) is 40.6. The average molecular weight is 462 g/mol. The van der Waals surface area contributed by atoms with E-state index >= 15 is 0 Å². The number of carboxylic acid groups (broad SMARTS) is 1. The van der Waals surface area contributed by atoms with E-state index in [0.717, 1.165) is 35.9 Å². The maximum absolute atomic E-state index is 12.5. The molecule has 1 amide bonds. The number of carbonyl (C=O) groups excluding carboxylic acids is 2. The number of amides is 1. The number of hydrogen-bond acceptors (Lipinski definition) is 8. The first-order chi connectivity index (χ1) is 15.4. The predicted molar refractivity (Wildman–Crippen MR) is 122 cm³/mol. The molecule has 1 saturated heterocycles. The minimum absolute atomic E-state index is 0.182. The average Bonchev–Trinajstić information content (AvgIpc) is 3.26. The molecule has 32 heavy (non-hydrogen) atoms. The molecule has 0 bridgehead atoms. The molecule has 2 N–H and O–H groups in total. The van der Waals surface area contributed by atoms with E-state index in [-0.39, 0.29) is 17.8 Å². The monoisotopic (exact) mass is 461 g/mol. The summed E-state index contributed by atoms with van der Waals surface area (Å²) >= 11 is 1.15. The zero-order valence-electron chi connectivity index (χ0n) is 18.1. The van der Waals surface area contributed by atoms with Crippen LogP contribution in [0.5, 0.6) is 5.75 Å². The Morgan fingerprint density at radius 2 is 1.84 bits per heavy atom. The van der Waals surface area contributed by atoms with E-state index in [1.807, 2.05) is 24.3 Å². The lowest BCUT2D eigenvalue weighted by atomic mass is 10.0. The number of nitrogens with zero attached hydrogens (tertiary/aromatic N) is 2. The number of rotatable bonds is 9. The fourth-order valence-electron chi connectivity index (χ4n) is 3.69. The van der Waals surface area contributed by atoms with E-state index in [4.69, 9.17) is 9.47 Å². The number of aliphatic carboxylic acids is 1. The first-order valence-corrected chi connectivity index (χ1v) is 11.1. The van der Waals surface area contributed by atoms with Crippen molar-refractivity contribution in [2.24, 2.45) is 5.92 Å². The lowest BCUT2D eigenvalue weighted by molar-refractivity contribution is -0.144. The highest BCUT2D eigenvalue weighted by Gasteiger charge is 2.27. The van der Waals surface area contributed by atoms with E-state index in [9.17, 15) is 19.5 Å². The van der Waals surface area contributed by atoms with Crippen molar-refractivity contribution >= 4 is 40.6 Å². The Bertz CT molecular complexity index is 955. The molecule has 2 heterocycles. The molecule has 1 atom stereocenters. The molecule has 172 valence electrons. The third kappa shape index (κ3) is 5.77. The van der Waals surface area contributed by atoms with Crippen molar-refractivity contribution in [2.45, 2.75) is 6.42 Å². The van der Waals surface area contributed by atoms with Gasteiger partial charge in [0, 0.05) is 39.1 Å². The van der Waals surface area contributed by atoms with Crippen LogP contribution < -0.4 is 15.0 Å². The zero-order chi connectivity index (χ0) is 23.1. The summed E-state index contributed by atoms with van der Waals surface area (Å²) in [6.07, 6.45) is -0.182. The minimum atomic E-state index is -1.02. The topological polar surface area (TPSA) is 108 Å². The first kappa shape index (κ1) is 23.6. The minimum Gasteiger partial charge on any atom is -0.495 e. The number of esters is 1. The molecule has 0 unspecified atom stereocenters. The van der Waals surface area contributed by atoms with Crippen LogP contribution in [-0.2, 0) is 14.3 Å². The lowest BCUT2D eigenvalue weighted by Crippen LogP contribution is -2.49. The molecule has 0 spiro atoms.